The predicted octanol–water partition coefficient (Wildman–Crippen LogP) is 1.63. The van der Waals surface area contributed by atoms with Gasteiger partial charge in [-0.25, -0.2) is 8.42 Å². The van der Waals surface area contributed by atoms with E-state index in [9.17, 15) is 13.2 Å². The Labute approximate surface area is 125 Å². The summed E-state index contributed by atoms with van der Waals surface area (Å²) in [4.78, 5) is 13.6. The van der Waals surface area contributed by atoms with E-state index in [1.54, 1.807) is 34.5 Å². The lowest BCUT2D eigenvalue weighted by atomic mass is 10.0. The summed E-state index contributed by atoms with van der Waals surface area (Å²) in [7, 11) is -1.73. The van der Waals surface area contributed by atoms with E-state index in [-0.39, 0.29) is 12.3 Å². The number of anilines is 1. The van der Waals surface area contributed by atoms with Gasteiger partial charge in [-0.1, -0.05) is 6.92 Å². The number of sulfonamides is 1. The topological polar surface area (TPSA) is 57.7 Å². The lowest BCUT2D eigenvalue weighted by Gasteiger charge is -2.30. The first kappa shape index (κ1) is 14.5. The van der Waals surface area contributed by atoms with Crippen molar-refractivity contribution >= 4 is 21.6 Å². The number of hydrogen-bond donors (Lipinski definition) is 0. The monoisotopic (exact) mass is 308 g/mol. The van der Waals surface area contributed by atoms with Crippen LogP contribution in [0, 0.1) is 5.92 Å². The van der Waals surface area contributed by atoms with Crippen LogP contribution >= 0.6 is 0 Å². The van der Waals surface area contributed by atoms with Gasteiger partial charge in [-0.3, -0.25) is 4.79 Å². The molecule has 1 saturated heterocycles. The van der Waals surface area contributed by atoms with Crippen LogP contribution in [-0.2, 0) is 21.2 Å². The van der Waals surface area contributed by atoms with Crippen LogP contribution in [0.4, 0.5) is 5.69 Å². The molecule has 0 aromatic heterocycles. The Morgan fingerprint density at radius 1 is 1.29 bits per heavy atom. The highest BCUT2D eigenvalue weighted by atomic mass is 32.2. The average Bonchev–Trinajstić information content (AvgIpc) is 2.73. The van der Waals surface area contributed by atoms with Crippen LogP contribution in [0.5, 0.6) is 0 Å². The number of fused-ring (bicyclic) bond motifs is 1. The number of hydrogen-bond acceptors (Lipinski definition) is 3. The van der Waals surface area contributed by atoms with Gasteiger partial charge in [0.2, 0.25) is 15.9 Å². The van der Waals surface area contributed by atoms with E-state index in [0.29, 0.717) is 23.9 Å². The van der Waals surface area contributed by atoms with Crippen LogP contribution in [-0.4, -0.2) is 38.8 Å². The minimum Gasteiger partial charge on any atom is -0.315 e. The summed E-state index contributed by atoms with van der Waals surface area (Å²) < 4.78 is 27.0. The summed E-state index contributed by atoms with van der Waals surface area (Å²) >= 11 is 0. The van der Waals surface area contributed by atoms with Crippen LogP contribution in [0.15, 0.2) is 23.1 Å². The quantitative estimate of drug-likeness (QED) is 0.834. The molecule has 0 N–H and O–H groups in total. The third-order valence-electron chi connectivity index (χ3n) is 4.39. The number of benzene rings is 1. The maximum absolute atomic E-state index is 12.7. The Morgan fingerprint density at radius 2 is 2.05 bits per heavy atom. The van der Waals surface area contributed by atoms with Gasteiger partial charge >= 0.3 is 0 Å². The number of carbonyl (C=O) groups is 1. The minimum atomic E-state index is -3.45. The van der Waals surface area contributed by atoms with Crippen LogP contribution in [0.3, 0.4) is 0 Å². The molecule has 2 aliphatic heterocycles. The third-order valence-corrected chi connectivity index (χ3v) is 6.25. The average molecular weight is 308 g/mol. The maximum Gasteiger partial charge on any atom is 0.243 e. The highest BCUT2D eigenvalue weighted by Gasteiger charge is 2.31. The number of likely N-dealkylation sites (N-methyl/N-ethyl adjacent to an activating group) is 1. The lowest BCUT2D eigenvalue weighted by Crippen LogP contribution is -2.39. The maximum atomic E-state index is 12.7. The van der Waals surface area contributed by atoms with E-state index >= 15 is 0 Å². The Kier molecular flexibility index (Phi) is 3.53. The molecule has 0 spiro atoms. The van der Waals surface area contributed by atoms with Crippen molar-refractivity contribution < 1.29 is 13.2 Å². The van der Waals surface area contributed by atoms with Crippen molar-refractivity contribution in [1.29, 1.82) is 0 Å². The van der Waals surface area contributed by atoms with Crippen molar-refractivity contribution in [1.82, 2.24) is 4.31 Å². The van der Waals surface area contributed by atoms with E-state index < -0.39 is 10.0 Å². The molecule has 0 radical (unpaired) electrons. The van der Waals surface area contributed by atoms with E-state index in [1.807, 2.05) is 0 Å². The molecule has 1 unspecified atom stereocenters. The van der Waals surface area contributed by atoms with E-state index in [1.165, 1.54) is 0 Å². The first-order valence-electron chi connectivity index (χ1n) is 7.29. The molecule has 1 fully saturated rings. The molecule has 3 rings (SSSR count). The van der Waals surface area contributed by atoms with Gasteiger partial charge in [0.1, 0.15) is 0 Å². The number of piperidine rings is 1. The molecule has 0 bridgehead atoms. The highest BCUT2D eigenvalue weighted by Crippen LogP contribution is 2.31. The molecular weight excluding hydrogens is 288 g/mol. The van der Waals surface area contributed by atoms with Crippen LogP contribution < -0.4 is 4.90 Å². The molecule has 1 amide bonds. The number of rotatable bonds is 2. The normalized spacial score (nSPS) is 23.4. The zero-order valence-corrected chi connectivity index (χ0v) is 13.2. The molecule has 0 saturated carbocycles. The van der Waals surface area contributed by atoms with Crippen molar-refractivity contribution in [3.63, 3.8) is 0 Å². The second kappa shape index (κ2) is 5.10. The summed E-state index contributed by atoms with van der Waals surface area (Å²) in [5.74, 6) is 0.404. The summed E-state index contributed by atoms with van der Waals surface area (Å²) in [6.45, 7) is 3.25. The molecule has 2 aliphatic rings. The van der Waals surface area contributed by atoms with Crippen LogP contribution in [0.25, 0.3) is 0 Å². The van der Waals surface area contributed by atoms with Crippen LogP contribution in [0.2, 0.25) is 0 Å². The zero-order chi connectivity index (χ0) is 15.2. The smallest absolute Gasteiger partial charge is 0.243 e. The first-order chi connectivity index (χ1) is 9.89. The van der Waals surface area contributed by atoms with Crippen LogP contribution in [0.1, 0.15) is 25.3 Å². The Balaban J connectivity index is 1.94. The number of amides is 1. The van der Waals surface area contributed by atoms with Gasteiger partial charge in [0, 0.05) is 25.8 Å². The predicted molar refractivity (Wildman–Crippen MR) is 80.7 cm³/mol. The molecule has 0 aliphatic carbocycles. The SMILES string of the molecule is CC1CCCN(S(=O)(=O)c2ccc3c(c2)CC(=O)N3C)C1. The number of carbonyl (C=O) groups excluding carboxylic acids is 1. The van der Waals surface area contributed by atoms with Crippen molar-refractivity contribution in [3.05, 3.63) is 23.8 Å². The molecule has 5 nitrogen and oxygen atoms in total. The zero-order valence-electron chi connectivity index (χ0n) is 12.4. The summed E-state index contributed by atoms with van der Waals surface area (Å²) in [6.07, 6.45) is 2.27. The second-order valence-electron chi connectivity index (χ2n) is 6.03. The van der Waals surface area contributed by atoms with Gasteiger partial charge in [0.15, 0.2) is 0 Å². The van der Waals surface area contributed by atoms with Crippen molar-refractivity contribution in [2.75, 3.05) is 25.0 Å². The lowest BCUT2D eigenvalue weighted by molar-refractivity contribution is -0.117. The van der Waals surface area contributed by atoms with Gasteiger partial charge in [0.25, 0.3) is 0 Å². The second-order valence-corrected chi connectivity index (χ2v) is 7.97. The molecule has 1 aromatic rings. The molecule has 114 valence electrons. The number of nitrogens with zero attached hydrogens (tertiary/aromatic N) is 2. The molecule has 6 heteroatoms. The minimum absolute atomic E-state index is 0.00569. The van der Waals surface area contributed by atoms with E-state index in [0.717, 1.165) is 24.1 Å². The molecule has 21 heavy (non-hydrogen) atoms. The standard InChI is InChI=1S/C15H20N2O3S/c1-11-4-3-7-17(10-11)21(19,20)13-5-6-14-12(8-13)9-15(18)16(14)2/h5-6,8,11H,3-4,7,9-10H2,1-2H3. The molecular formula is C15H20N2O3S. The van der Waals surface area contributed by atoms with Gasteiger partial charge in [-0.2, -0.15) is 4.31 Å². The van der Waals surface area contributed by atoms with Gasteiger partial charge in [-0.15, -0.1) is 0 Å². The largest absolute Gasteiger partial charge is 0.315 e. The first-order valence-corrected chi connectivity index (χ1v) is 8.73. The van der Waals surface area contributed by atoms with Gasteiger partial charge in [-0.05, 0) is 42.5 Å². The molecule has 1 atom stereocenters. The third kappa shape index (κ3) is 2.46. The Hall–Kier alpha value is -1.40. The van der Waals surface area contributed by atoms with Gasteiger partial charge in [0.05, 0.1) is 11.3 Å². The summed E-state index contributed by atoms with van der Waals surface area (Å²) in [5, 5.41) is 0. The summed E-state index contributed by atoms with van der Waals surface area (Å²) in [5.41, 5.74) is 1.61. The van der Waals surface area contributed by atoms with E-state index in [4.69, 9.17) is 0 Å². The Bertz CT molecular complexity index is 684. The van der Waals surface area contributed by atoms with Crippen molar-refractivity contribution in [3.8, 4) is 0 Å². The molecule has 2 heterocycles. The fraction of sp³-hybridized carbons (Fsp3) is 0.533. The fourth-order valence-corrected chi connectivity index (χ4v) is 4.77. The van der Waals surface area contributed by atoms with Crippen molar-refractivity contribution in [2.24, 2.45) is 5.92 Å². The fourth-order valence-electron chi connectivity index (χ4n) is 3.12. The van der Waals surface area contributed by atoms with Gasteiger partial charge < -0.3 is 4.90 Å². The summed E-state index contributed by atoms with van der Waals surface area (Å²) in [6, 6.07) is 5.01. The molecule has 1 aromatic carbocycles. The van der Waals surface area contributed by atoms with Crippen molar-refractivity contribution in [2.45, 2.75) is 31.1 Å². The van der Waals surface area contributed by atoms with E-state index in [2.05, 4.69) is 6.92 Å². The Morgan fingerprint density at radius 3 is 2.76 bits per heavy atom. The highest BCUT2D eigenvalue weighted by molar-refractivity contribution is 7.89.